The lowest BCUT2D eigenvalue weighted by Crippen LogP contribution is -2.28. The first-order valence-electron chi connectivity index (χ1n) is 7.25. The van der Waals surface area contributed by atoms with E-state index in [1.54, 1.807) is 12.1 Å². The van der Waals surface area contributed by atoms with Crippen molar-refractivity contribution in [3.63, 3.8) is 0 Å². The standard InChI is InChI=1S/C17H22N4O/c1-11-6-7-12(2)13(10-11)18-14-8-9-15(21-20-14)19-16(22)17(3,4)5/h6-10H,1-5H3,(H,18,20)(H,19,21,22). The molecule has 0 bridgehead atoms. The third kappa shape index (κ3) is 4.04. The van der Waals surface area contributed by atoms with Gasteiger partial charge >= 0.3 is 0 Å². The zero-order valence-corrected chi connectivity index (χ0v) is 13.7. The number of amides is 1. The molecule has 0 spiro atoms. The molecule has 1 heterocycles. The van der Waals surface area contributed by atoms with Crippen molar-refractivity contribution in [1.29, 1.82) is 0 Å². The van der Waals surface area contributed by atoms with Crippen LogP contribution >= 0.6 is 0 Å². The molecule has 0 aliphatic carbocycles. The molecule has 1 amide bonds. The molecule has 0 saturated heterocycles. The van der Waals surface area contributed by atoms with E-state index in [1.165, 1.54) is 5.56 Å². The van der Waals surface area contributed by atoms with Crippen molar-refractivity contribution in [1.82, 2.24) is 10.2 Å². The van der Waals surface area contributed by atoms with E-state index in [1.807, 2.05) is 34.6 Å². The van der Waals surface area contributed by atoms with Gasteiger partial charge in [-0.1, -0.05) is 32.9 Å². The van der Waals surface area contributed by atoms with Gasteiger partial charge in [-0.05, 0) is 43.2 Å². The highest BCUT2D eigenvalue weighted by Gasteiger charge is 2.21. The summed E-state index contributed by atoms with van der Waals surface area (Å²) in [4.78, 5) is 11.9. The van der Waals surface area contributed by atoms with Crippen molar-refractivity contribution in [2.45, 2.75) is 34.6 Å². The number of hydrogen-bond acceptors (Lipinski definition) is 4. The van der Waals surface area contributed by atoms with Gasteiger partial charge in [0.05, 0.1) is 0 Å². The molecule has 0 aliphatic heterocycles. The number of nitrogens with zero attached hydrogens (tertiary/aromatic N) is 2. The molecule has 0 atom stereocenters. The molecule has 5 heteroatoms. The first-order chi connectivity index (χ1) is 10.3. The second-order valence-electron chi connectivity index (χ2n) is 6.45. The molecular weight excluding hydrogens is 276 g/mol. The lowest BCUT2D eigenvalue weighted by Gasteiger charge is -2.17. The van der Waals surface area contributed by atoms with Gasteiger partial charge in [-0.25, -0.2) is 0 Å². The molecule has 2 aromatic rings. The minimum atomic E-state index is -0.461. The van der Waals surface area contributed by atoms with Crippen LogP contribution in [-0.4, -0.2) is 16.1 Å². The van der Waals surface area contributed by atoms with Crippen molar-refractivity contribution < 1.29 is 4.79 Å². The van der Waals surface area contributed by atoms with Gasteiger partial charge in [0.25, 0.3) is 0 Å². The van der Waals surface area contributed by atoms with Gasteiger partial charge in [0, 0.05) is 11.1 Å². The molecule has 0 saturated carbocycles. The van der Waals surface area contributed by atoms with E-state index in [-0.39, 0.29) is 5.91 Å². The van der Waals surface area contributed by atoms with Crippen molar-refractivity contribution in [3.05, 3.63) is 41.5 Å². The van der Waals surface area contributed by atoms with Crippen molar-refractivity contribution in [2.24, 2.45) is 5.41 Å². The molecule has 0 radical (unpaired) electrons. The van der Waals surface area contributed by atoms with Gasteiger partial charge in [0.1, 0.15) is 0 Å². The van der Waals surface area contributed by atoms with Crippen molar-refractivity contribution >= 4 is 23.2 Å². The summed E-state index contributed by atoms with van der Waals surface area (Å²) < 4.78 is 0. The van der Waals surface area contributed by atoms with Gasteiger partial charge in [0.15, 0.2) is 11.6 Å². The summed E-state index contributed by atoms with van der Waals surface area (Å²) in [7, 11) is 0. The fraction of sp³-hybridized carbons (Fsp3) is 0.353. The van der Waals surface area contributed by atoms with E-state index in [4.69, 9.17) is 0 Å². The summed E-state index contributed by atoms with van der Waals surface area (Å²) in [5.41, 5.74) is 2.85. The lowest BCUT2D eigenvalue weighted by molar-refractivity contribution is -0.123. The largest absolute Gasteiger partial charge is 0.339 e. The number of carbonyl (C=O) groups is 1. The predicted molar refractivity (Wildman–Crippen MR) is 89.3 cm³/mol. The number of aryl methyl sites for hydroxylation is 2. The Morgan fingerprint density at radius 2 is 1.64 bits per heavy atom. The number of nitrogens with one attached hydrogen (secondary N) is 2. The van der Waals surface area contributed by atoms with Gasteiger partial charge in [-0.15, -0.1) is 10.2 Å². The van der Waals surface area contributed by atoms with E-state index < -0.39 is 5.41 Å². The molecule has 1 aromatic heterocycles. The molecule has 5 nitrogen and oxygen atoms in total. The van der Waals surface area contributed by atoms with E-state index in [0.717, 1.165) is 11.3 Å². The van der Waals surface area contributed by atoms with E-state index in [0.29, 0.717) is 11.6 Å². The fourth-order valence-corrected chi connectivity index (χ4v) is 1.78. The normalized spacial score (nSPS) is 11.1. The summed E-state index contributed by atoms with van der Waals surface area (Å²) in [5, 5.41) is 14.1. The third-order valence-corrected chi connectivity index (χ3v) is 3.24. The first kappa shape index (κ1) is 15.9. The smallest absolute Gasteiger partial charge is 0.230 e. The van der Waals surface area contributed by atoms with E-state index in [9.17, 15) is 4.79 Å². The van der Waals surface area contributed by atoms with Crippen LogP contribution < -0.4 is 10.6 Å². The minimum Gasteiger partial charge on any atom is -0.339 e. The number of anilines is 3. The third-order valence-electron chi connectivity index (χ3n) is 3.24. The average molecular weight is 298 g/mol. The summed E-state index contributed by atoms with van der Waals surface area (Å²) >= 11 is 0. The van der Waals surface area contributed by atoms with Crippen molar-refractivity contribution in [3.8, 4) is 0 Å². The van der Waals surface area contributed by atoms with Crippen LogP contribution in [0.15, 0.2) is 30.3 Å². The van der Waals surface area contributed by atoms with Gasteiger partial charge in [-0.2, -0.15) is 0 Å². The Hall–Kier alpha value is -2.43. The van der Waals surface area contributed by atoms with Crippen LogP contribution in [0.2, 0.25) is 0 Å². The summed E-state index contributed by atoms with van der Waals surface area (Å²) in [5.74, 6) is 1.01. The Morgan fingerprint density at radius 3 is 2.23 bits per heavy atom. The van der Waals surface area contributed by atoms with Crippen molar-refractivity contribution in [2.75, 3.05) is 10.6 Å². The number of rotatable bonds is 3. The van der Waals surface area contributed by atoms with Crippen LogP contribution in [0.4, 0.5) is 17.3 Å². The maximum atomic E-state index is 11.9. The maximum Gasteiger partial charge on any atom is 0.230 e. The highest BCUT2D eigenvalue weighted by Crippen LogP contribution is 2.21. The number of hydrogen-bond donors (Lipinski definition) is 2. The highest BCUT2D eigenvalue weighted by atomic mass is 16.2. The molecule has 2 N–H and O–H groups in total. The van der Waals surface area contributed by atoms with Crippen LogP contribution in [0, 0.1) is 19.3 Å². The Morgan fingerprint density at radius 1 is 1.00 bits per heavy atom. The Bertz CT molecular complexity index is 672. The molecule has 2 rings (SSSR count). The maximum absolute atomic E-state index is 11.9. The Labute approximate surface area is 131 Å². The van der Waals surface area contributed by atoms with Crippen LogP contribution in [0.5, 0.6) is 0 Å². The summed E-state index contributed by atoms with van der Waals surface area (Å²) in [6, 6.07) is 9.73. The van der Waals surface area contributed by atoms with Gasteiger partial charge < -0.3 is 10.6 Å². The number of carbonyl (C=O) groups excluding carboxylic acids is 1. The quantitative estimate of drug-likeness (QED) is 0.904. The zero-order chi connectivity index (χ0) is 16.3. The lowest BCUT2D eigenvalue weighted by atomic mass is 9.96. The molecule has 0 aliphatic rings. The van der Waals surface area contributed by atoms with Gasteiger partial charge in [0.2, 0.25) is 5.91 Å². The molecule has 116 valence electrons. The molecule has 0 unspecified atom stereocenters. The number of benzene rings is 1. The fourth-order valence-electron chi connectivity index (χ4n) is 1.78. The second kappa shape index (κ2) is 6.13. The van der Waals surface area contributed by atoms with Crippen LogP contribution in [-0.2, 0) is 4.79 Å². The van der Waals surface area contributed by atoms with E-state index in [2.05, 4.69) is 39.0 Å². The van der Waals surface area contributed by atoms with Crippen LogP contribution in [0.3, 0.4) is 0 Å². The van der Waals surface area contributed by atoms with E-state index >= 15 is 0 Å². The zero-order valence-electron chi connectivity index (χ0n) is 13.7. The SMILES string of the molecule is Cc1ccc(C)c(Nc2ccc(NC(=O)C(C)(C)C)nn2)c1. The predicted octanol–water partition coefficient (Wildman–Crippen LogP) is 3.82. The van der Waals surface area contributed by atoms with Crippen LogP contribution in [0.25, 0.3) is 0 Å². The number of aromatic nitrogens is 2. The average Bonchev–Trinajstić information content (AvgIpc) is 2.44. The monoisotopic (exact) mass is 298 g/mol. The van der Waals surface area contributed by atoms with Gasteiger partial charge in [-0.3, -0.25) is 4.79 Å². The molecule has 0 fully saturated rings. The second-order valence-corrected chi connectivity index (χ2v) is 6.45. The topological polar surface area (TPSA) is 66.9 Å². The molecule has 22 heavy (non-hydrogen) atoms. The summed E-state index contributed by atoms with van der Waals surface area (Å²) in [6.45, 7) is 9.64. The van der Waals surface area contributed by atoms with Crippen LogP contribution in [0.1, 0.15) is 31.9 Å². The minimum absolute atomic E-state index is 0.0861. The Balaban J connectivity index is 2.09. The molecule has 1 aromatic carbocycles. The Kier molecular flexibility index (Phi) is 4.45. The highest BCUT2D eigenvalue weighted by molar-refractivity contribution is 5.93. The molecular formula is C17H22N4O. The first-order valence-corrected chi connectivity index (χ1v) is 7.25. The summed E-state index contributed by atoms with van der Waals surface area (Å²) in [6.07, 6.45) is 0.